The Balaban J connectivity index is 2.83. The average molecular weight is 290 g/mol. The molecule has 0 aromatic rings. The smallest absolute Gasteiger partial charge is 0.239 e. The van der Waals surface area contributed by atoms with E-state index >= 15 is 0 Å². The fraction of sp³-hybridized carbons (Fsp3) is 0.923. The fourth-order valence-electron chi connectivity index (χ4n) is 2.88. The molecular weight excluding hydrogens is 264 g/mol. The van der Waals surface area contributed by atoms with Gasteiger partial charge in [0.15, 0.2) is 9.84 Å². The average Bonchev–Trinajstić information content (AvgIpc) is 2.36. The van der Waals surface area contributed by atoms with Crippen LogP contribution in [0.25, 0.3) is 0 Å². The van der Waals surface area contributed by atoms with Crippen LogP contribution in [0.3, 0.4) is 0 Å². The van der Waals surface area contributed by atoms with Crippen molar-refractivity contribution < 1.29 is 13.2 Å². The predicted molar refractivity (Wildman–Crippen MR) is 76.5 cm³/mol. The van der Waals surface area contributed by atoms with Crippen molar-refractivity contribution in [2.24, 2.45) is 5.73 Å². The molecule has 0 saturated heterocycles. The van der Waals surface area contributed by atoms with Crippen molar-refractivity contribution in [2.45, 2.75) is 62.8 Å². The van der Waals surface area contributed by atoms with Gasteiger partial charge in [-0.1, -0.05) is 26.2 Å². The van der Waals surface area contributed by atoms with E-state index in [2.05, 4.69) is 0 Å². The molecule has 1 rings (SSSR count). The van der Waals surface area contributed by atoms with Crippen LogP contribution >= 0.6 is 0 Å². The van der Waals surface area contributed by atoms with E-state index in [4.69, 9.17) is 5.73 Å². The zero-order chi connectivity index (χ0) is 14.6. The van der Waals surface area contributed by atoms with Gasteiger partial charge < -0.3 is 10.6 Å². The minimum absolute atomic E-state index is 0.137. The summed E-state index contributed by atoms with van der Waals surface area (Å²) in [7, 11) is -1.44. The van der Waals surface area contributed by atoms with E-state index in [1.54, 1.807) is 11.9 Å². The lowest BCUT2D eigenvalue weighted by atomic mass is 9.93. The van der Waals surface area contributed by atoms with Gasteiger partial charge in [-0.3, -0.25) is 4.79 Å². The number of likely N-dealkylation sites (N-methyl/N-ethyl adjacent to an activating group) is 1. The van der Waals surface area contributed by atoms with Crippen LogP contribution in [0.15, 0.2) is 0 Å². The van der Waals surface area contributed by atoms with Crippen molar-refractivity contribution >= 4 is 15.7 Å². The van der Waals surface area contributed by atoms with E-state index < -0.39 is 21.1 Å². The van der Waals surface area contributed by atoms with Crippen molar-refractivity contribution in [1.29, 1.82) is 0 Å². The first-order chi connectivity index (χ1) is 8.79. The van der Waals surface area contributed by atoms with Gasteiger partial charge in [0.2, 0.25) is 5.91 Å². The normalized spacial score (nSPS) is 25.9. The zero-order valence-corrected chi connectivity index (χ0v) is 12.9. The highest BCUT2D eigenvalue weighted by molar-refractivity contribution is 7.91. The molecule has 1 amide bonds. The van der Waals surface area contributed by atoms with Gasteiger partial charge in [-0.05, 0) is 19.3 Å². The van der Waals surface area contributed by atoms with Crippen molar-refractivity contribution in [3.63, 3.8) is 0 Å². The first-order valence-electron chi connectivity index (χ1n) is 7.00. The SMILES string of the molecule is CCCC(N)C(=O)N(C)C1CCCCC1S(C)(=O)=O. The number of nitrogens with zero attached hydrogens (tertiary/aromatic N) is 1. The third-order valence-electron chi connectivity index (χ3n) is 3.98. The summed E-state index contributed by atoms with van der Waals surface area (Å²) in [6.45, 7) is 1.98. The molecule has 5 nitrogen and oxygen atoms in total. The largest absolute Gasteiger partial charge is 0.340 e. The highest BCUT2D eigenvalue weighted by Crippen LogP contribution is 2.27. The molecule has 19 heavy (non-hydrogen) atoms. The summed E-state index contributed by atoms with van der Waals surface area (Å²) in [6, 6.07) is -0.740. The van der Waals surface area contributed by atoms with E-state index in [0.717, 1.165) is 25.7 Å². The van der Waals surface area contributed by atoms with Crippen LogP contribution in [0.1, 0.15) is 45.4 Å². The van der Waals surface area contributed by atoms with Gasteiger partial charge in [0.05, 0.1) is 11.3 Å². The molecule has 1 aliphatic carbocycles. The molecule has 112 valence electrons. The number of sulfone groups is 1. The Morgan fingerprint density at radius 2 is 1.95 bits per heavy atom. The lowest BCUT2D eigenvalue weighted by Gasteiger charge is -2.38. The molecular formula is C13H26N2O3S. The van der Waals surface area contributed by atoms with Crippen LogP contribution in [0.2, 0.25) is 0 Å². The molecule has 0 aliphatic heterocycles. The monoisotopic (exact) mass is 290 g/mol. The van der Waals surface area contributed by atoms with Gasteiger partial charge in [-0.2, -0.15) is 0 Å². The predicted octanol–water partition coefficient (Wildman–Crippen LogP) is 0.928. The Bertz CT molecular complexity index is 408. The van der Waals surface area contributed by atoms with E-state index in [1.165, 1.54) is 6.26 Å². The topological polar surface area (TPSA) is 80.5 Å². The van der Waals surface area contributed by atoms with E-state index in [0.29, 0.717) is 12.8 Å². The molecule has 1 fully saturated rings. The summed E-state index contributed by atoms with van der Waals surface area (Å²) in [5, 5.41) is -0.441. The van der Waals surface area contributed by atoms with Gasteiger partial charge in [-0.25, -0.2) is 8.42 Å². The summed E-state index contributed by atoms with van der Waals surface area (Å²) in [5.74, 6) is -0.137. The Morgan fingerprint density at radius 3 is 2.47 bits per heavy atom. The molecule has 0 aromatic heterocycles. The second-order valence-corrected chi connectivity index (χ2v) is 7.83. The summed E-state index contributed by atoms with van der Waals surface area (Å²) >= 11 is 0. The molecule has 1 aliphatic rings. The van der Waals surface area contributed by atoms with E-state index in [1.807, 2.05) is 6.92 Å². The number of rotatable bonds is 5. The van der Waals surface area contributed by atoms with Crippen LogP contribution in [0.4, 0.5) is 0 Å². The minimum atomic E-state index is -3.13. The molecule has 3 atom stereocenters. The molecule has 0 heterocycles. The lowest BCUT2D eigenvalue weighted by Crippen LogP contribution is -2.53. The van der Waals surface area contributed by atoms with Crippen LogP contribution in [-0.2, 0) is 14.6 Å². The number of hydrogen-bond donors (Lipinski definition) is 1. The summed E-state index contributed by atoms with van der Waals surface area (Å²) < 4.78 is 23.7. The Kier molecular flexibility index (Phi) is 5.80. The maximum Gasteiger partial charge on any atom is 0.239 e. The third-order valence-corrected chi connectivity index (χ3v) is 5.63. The number of carbonyl (C=O) groups is 1. The first-order valence-corrected chi connectivity index (χ1v) is 8.95. The highest BCUT2D eigenvalue weighted by Gasteiger charge is 2.37. The molecule has 2 N–H and O–H groups in total. The second-order valence-electron chi connectivity index (χ2n) is 5.56. The van der Waals surface area contributed by atoms with Crippen molar-refractivity contribution in [2.75, 3.05) is 13.3 Å². The summed E-state index contributed by atoms with van der Waals surface area (Å²) in [6.07, 6.45) is 6.03. The molecule has 0 aromatic carbocycles. The molecule has 1 saturated carbocycles. The minimum Gasteiger partial charge on any atom is -0.340 e. The van der Waals surface area contributed by atoms with Crippen molar-refractivity contribution in [3.8, 4) is 0 Å². The zero-order valence-electron chi connectivity index (χ0n) is 12.1. The van der Waals surface area contributed by atoms with Gasteiger partial charge in [0.1, 0.15) is 0 Å². The number of nitrogens with two attached hydrogens (primary N) is 1. The lowest BCUT2D eigenvalue weighted by molar-refractivity contribution is -0.134. The van der Waals surface area contributed by atoms with E-state index in [9.17, 15) is 13.2 Å². The van der Waals surface area contributed by atoms with Crippen LogP contribution in [-0.4, -0.2) is 49.9 Å². The molecule has 0 bridgehead atoms. The number of carbonyl (C=O) groups excluding carboxylic acids is 1. The maximum absolute atomic E-state index is 12.2. The van der Waals surface area contributed by atoms with Crippen molar-refractivity contribution in [3.05, 3.63) is 0 Å². The van der Waals surface area contributed by atoms with Gasteiger partial charge >= 0.3 is 0 Å². The molecule has 3 unspecified atom stereocenters. The molecule has 0 radical (unpaired) electrons. The maximum atomic E-state index is 12.2. The Morgan fingerprint density at radius 1 is 1.37 bits per heavy atom. The van der Waals surface area contributed by atoms with Crippen LogP contribution in [0, 0.1) is 0 Å². The number of hydrogen-bond acceptors (Lipinski definition) is 4. The molecule has 6 heteroatoms. The molecule has 0 spiro atoms. The van der Waals surface area contributed by atoms with Gasteiger partial charge in [0, 0.05) is 19.3 Å². The quantitative estimate of drug-likeness (QED) is 0.816. The summed E-state index contributed by atoms with van der Waals surface area (Å²) in [5.41, 5.74) is 5.85. The first kappa shape index (κ1) is 16.4. The third kappa shape index (κ3) is 4.18. The van der Waals surface area contributed by atoms with Crippen LogP contribution < -0.4 is 5.73 Å². The fourth-order valence-corrected chi connectivity index (χ4v) is 4.36. The second kappa shape index (κ2) is 6.70. The highest BCUT2D eigenvalue weighted by atomic mass is 32.2. The van der Waals surface area contributed by atoms with Crippen LogP contribution in [0.5, 0.6) is 0 Å². The van der Waals surface area contributed by atoms with E-state index in [-0.39, 0.29) is 11.9 Å². The Hall–Kier alpha value is -0.620. The van der Waals surface area contributed by atoms with Gasteiger partial charge in [0.25, 0.3) is 0 Å². The standard InChI is InChI=1S/C13H26N2O3S/c1-4-7-10(14)13(16)15(2)11-8-5-6-9-12(11)19(3,17)18/h10-12H,4-9,14H2,1-3H3. The van der Waals surface area contributed by atoms with Gasteiger partial charge in [-0.15, -0.1) is 0 Å². The Labute approximate surface area is 116 Å². The number of amides is 1. The van der Waals surface area contributed by atoms with Crippen molar-refractivity contribution in [1.82, 2.24) is 4.90 Å². The summed E-state index contributed by atoms with van der Waals surface area (Å²) in [4.78, 5) is 13.8.